The Morgan fingerprint density at radius 2 is 1.07 bits per heavy atom. The maximum atomic E-state index is 3.57. The van der Waals surface area contributed by atoms with E-state index in [0.29, 0.717) is 0 Å². The number of hydrogen-bond acceptors (Lipinski definition) is 2. The highest BCUT2D eigenvalue weighted by atomic mass is 32.1. The number of fused-ring (bicyclic) bond motifs is 7. The van der Waals surface area contributed by atoms with Gasteiger partial charge in [-0.1, -0.05) is 123 Å². The summed E-state index contributed by atoms with van der Waals surface area (Å²) in [6.07, 6.45) is 0. The van der Waals surface area contributed by atoms with Crippen LogP contribution in [-0.4, -0.2) is 0 Å². The van der Waals surface area contributed by atoms with Crippen molar-refractivity contribution in [3.63, 3.8) is 0 Å². The van der Waals surface area contributed by atoms with E-state index in [-0.39, 0.29) is 5.41 Å². The van der Waals surface area contributed by atoms with Crippen molar-refractivity contribution >= 4 is 42.9 Å². The molecule has 1 N–H and O–H groups in total. The van der Waals surface area contributed by atoms with Crippen molar-refractivity contribution in [1.29, 1.82) is 0 Å². The van der Waals surface area contributed by atoms with Gasteiger partial charge in [0.05, 0.1) is 0 Å². The molecule has 0 atom stereocenters. The Morgan fingerprint density at radius 3 is 1.83 bits per heavy atom. The van der Waals surface area contributed by atoms with Crippen LogP contribution in [0.5, 0.6) is 0 Å². The number of benzene rings is 6. The molecular formula is C39H29NS. The molecule has 0 unspecified atom stereocenters. The molecule has 0 saturated carbocycles. The van der Waals surface area contributed by atoms with E-state index in [9.17, 15) is 0 Å². The molecule has 6 aromatic carbocycles. The van der Waals surface area contributed by atoms with E-state index in [4.69, 9.17) is 0 Å². The molecule has 196 valence electrons. The molecular weight excluding hydrogens is 515 g/mol. The summed E-state index contributed by atoms with van der Waals surface area (Å²) in [7, 11) is 0. The van der Waals surface area contributed by atoms with Gasteiger partial charge in [-0.15, -0.1) is 11.3 Å². The van der Waals surface area contributed by atoms with Crippen LogP contribution in [0.15, 0.2) is 133 Å². The number of rotatable bonds is 4. The van der Waals surface area contributed by atoms with Gasteiger partial charge in [-0.25, -0.2) is 0 Å². The highest BCUT2D eigenvalue weighted by molar-refractivity contribution is 7.27. The van der Waals surface area contributed by atoms with E-state index in [1.807, 2.05) is 11.3 Å². The lowest BCUT2D eigenvalue weighted by Gasteiger charge is -2.21. The van der Waals surface area contributed by atoms with Gasteiger partial charge in [-0.05, 0) is 63.2 Å². The van der Waals surface area contributed by atoms with Crippen LogP contribution in [0.25, 0.3) is 53.6 Å². The van der Waals surface area contributed by atoms with Gasteiger partial charge in [-0.2, -0.15) is 0 Å². The van der Waals surface area contributed by atoms with E-state index in [2.05, 4.69) is 153 Å². The molecule has 0 saturated heterocycles. The summed E-state index contributed by atoms with van der Waals surface area (Å²) in [6, 6.07) is 48.4. The van der Waals surface area contributed by atoms with E-state index in [1.54, 1.807) is 0 Å². The maximum absolute atomic E-state index is 3.57. The highest BCUT2D eigenvalue weighted by Crippen LogP contribution is 2.54. The fourth-order valence-corrected chi connectivity index (χ4v) is 7.94. The van der Waals surface area contributed by atoms with E-state index in [0.717, 1.165) is 11.4 Å². The summed E-state index contributed by atoms with van der Waals surface area (Å²) in [5.74, 6) is 0. The Bertz CT molecular complexity index is 2060. The molecule has 0 spiro atoms. The Hall–Kier alpha value is -4.66. The smallest absolute Gasteiger partial charge is 0.0437 e. The van der Waals surface area contributed by atoms with Crippen LogP contribution in [0, 0.1) is 0 Å². The van der Waals surface area contributed by atoms with Crippen molar-refractivity contribution in [3.05, 3.63) is 145 Å². The first kappa shape index (κ1) is 24.2. The molecule has 1 aliphatic carbocycles. The molecule has 0 fully saturated rings. The molecule has 1 heterocycles. The lowest BCUT2D eigenvalue weighted by Crippen LogP contribution is -2.14. The van der Waals surface area contributed by atoms with E-state index >= 15 is 0 Å². The molecule has 8 rings (SSSR count). The zero-order valence-corrected chi connectivity index (χ0v) is 23.9. The molecule has 1 nitrogen and oxygen atoms in total. The molecule has 0 radical (unpaired) electrons. The zero-order chi connectivity index (χ0) is 27.6. The van der Waals surface area contributed by atoms with Crippen LogP contribution in [0.1, 0.15) is 25.0 Å². The lowest BCUT2D eigenvalue weighted by molar-refractivity contribution is 0.661. The summed E-state index contributed by atoms with van der Waals surface area (Å²) in [5.41, 5.74) is 12.9. The van der Waals surface area contributed by atoms with Gasteiger partial charge >= 0.3 is 0 Å². The minimum absolute atomic E-state index is 0.0177. The molecule has 41 heavy (non-hydrogen) atoms. The second-order valence-corrected chi connectivity index (χ2v) is 12.5. The summed E-state index contributed by atoms with van der Waals surface area (Å²) >= 11 is 1.94. The third-order valence-electron chi connectivity index (χ3n) is 8.69. The third kappa shape index (κ3) is 3.83. The van der Waals surface area contributed by atoms with Gasteiger partial charge in [0, 0.05) is 42.5 Å². The van der Waals surface area contributed by atoms with Crippen LogP contribution in [0.4, 0.5) is 11.4 Å². The standard InChI is InChI=1S/C39H29NS/c1-39(2)34-14-7-6-11-33(34)36-35(39)24-23-32-31-13-8-12-30(37(31)41-38(32)36)27-17-21-29(22-18-27)40-28-19-15-26(16-20-28)25-9-4-3-5-10-25/h3-24,40H,1-2H3. The molecule has 0 bridgehead atoms. The van der Waals surface area contributed by atoms with E-state index in [1.165, 1.54) is 64.7 Å². The molecule has 0 aliphatic heterocycles. The van der Waals surface area contributed by atoms with Crippen molar-refractivity contribution in [2.75, 3.05) is 5.32 Å². The number of nitrogens with one attached hydrogen (secondary N) is 1. The number of thiophene rings is 1. The van der Waals surface area contributed by atoms with Crippen molar-refractivity contribution in [3.8, 4) is 33.4 Å². The quantitative estimate of drug-likeness (QED) is 0.233. The van der Waals surface area contributed by atoms with Gasteiger partial charge in [0.1, 0.15) is 0 Å². The van der Waals surface area contributed by atoms with Crippen molar-refractivity contribution in [1.82, 2.24) is 0 Å². The first-order valence-corrected chi connectivity index (χ1v) is 15.0. The average Bonchev–Trinajstić information content (AvgIpc) is 3.51. The lowest BCUT2D eigenvalue weighted by atomic mass is 9.82. The zero-order valence-electron chi connectivity index (χ0n) is 23.1. The van der Waals surface area contributed by atoms with Crippen LogP contribution < -0.4 is 5.32 Å². The molecule has 1 aliphatic rings. The van der Waals surface area contributed by atoms with Crippen LogP contribution in [0.2, 0.25) is 0 Å². The monoisotopic (exact) mass is 543 g/mol. The molecule has 2 heteroatoms. The normalized spacial score (nSPS) is 13.3. The highest BCUT2D eigenvalue weighted by Gasteiger charge is 2.36. The maximum Gasteiger partial charge on any atom is 0.0437 e. The Labute approximate surface area is 244 Å². The summed E-state index contributed by atoms with van der Waals surface area (Å²) in [4.78, 5) is 0. The fraction of sp³-hybridized carbons (Fsp3) is 0.0769. The van der Waals surface area contributed by atoms with Gasteiger partial charge in [0.15, 0.2) is 0 Å². The van der Waals surface area contributed by atoms with Crippen LogP contribution in [-0.2, 0) is 5.41 Å². The van der Waals surface area contributed by atoms with Gasteiger partial charge < -0.3 is 5.32 Å². The minimum Gasteiger partial charge on any atom is -0.356 e. The second-order valence-electron chi connectivity index (χ2n) is 11.5. The van der Waals surface area contributed by atoms with Crippen molar-refractivity contribution in [2.24, 2.45) is 0 Å². The van der Waals surface area contributed by atoms with E-state index < -0.39 is 0 Å². The largest absolute Gasteiger partial charge is 0.356 e. The van der Waals surface area contributed by atoms with Gasteiger partial charge in [0.2, 0.25) is 0 Å². The molecule has 0 amide bonds. The number of anilines is 2. The SMILES string of the molecule is CC1(C)c2ccccc2-c2c1ccc1c2sc2c(-c3ccc(Nc4ccc(-c5ccccc5)cc4)cc3)cccc21. The Balaban J connectivity index is 1.15. The minimum atomic E-state index is 0.0177. The van der Waals surface area contributed by atoms with Crippen molar-refractivity contribution < 1.29 is 0 Å². The van der Waals surface area contributed by atoms with Gasteiger partial charge in [0.25, 0.3) is 0 Å². The summed E-state index contributed by atoms with van der Waals surface area (Å²) < 4.78 is 2.76. The van der Waals surface area contributed by atoms with Crippen LogP contribution >= 0.6 is 11.3 Å². The Morgan fingerprint density at radius 1 is 0.463 bits per heavy atom. The summed E-state index contributed by atoms with van der Waals surface area (Å²) in [6.45, 7) is 4.71. The van der Waals surface area contributed by atoms with Gasteiger partial charge in [-0.3, -0.25) is 0 Å². The van der Waals surface area contributed by atoms with Crippen molar-refractivity contribution in [2.45, 2.75) is 19.3 Å². The third-order valence-corrected chi connectivity index (χ3v) is 9.96. The predicted octanol–water partition coefficient (Wildman–Crippen LogP) is 11.4. The fourth-order valence-electron chi connectivity index (χ4n) is 6.55. The Kier molecular flexibility index (Phi) is 5.42. The second kappa shape index (κ2) is 9.19. The predicted molar refractivity (Wildman–Crippen MR) is 177 cm³/mol. The van der Waals surface area contributed by atoms with Crippen LogP contribution in [0.3, 0.4) is 0 Å². The topological polar surface area (TPSA) is 12.0 Å². The first-order chi connectivity index (χ1) is 20.1. The number of hydrogen-bond donors (Lipinski definition) is 1. The summed E-state index contributed by atoms with van der Waals surface area (Å²) in [5, 5.41) is 6.27. The first-order valence-electron chi connectivity index (χ1n) is 14.2. The molecule has 1 aromatic heterocycles. The average molecular weight is 544 g/mol. The molecule has 7 aromatic rings.